The van der Waals surface area contributed by atoms with Crippen molar-refractivity contribution < 1.29 is 0 Å². The summed E-state index contributed by atoms with van der Waals surface area (Å²) in [5.74, 6) is 0.812. The highest BCUT2D eigenvalue weighted by molar-refractivity contribution is 5.67. The second-order valence-electron chi connectivity index (χ2n) is 7.90. The van der Waals surface area contributed by atoms with E-state index < -0.39 is 0 Å². The van der Waals surface area contributed by atoms with Crippen molar-refractivity contribution in [1.82, 2.24) is 14.7 Å². The summed E-state index contributed by atoms with van der Waals surface area (Å²) in [4.78, 5) is 17.0. The Labute approximate surface area is 164 Å². The second kappa shape index (κ2) is 6.91. The second-order valence-corrected chi connectivity index (χ2v) is 7.90. The Bertz CT molecular complexity index is 1030. The van der Waals surface area contributed by atoms with Crippen molar-refractivity contribution in [2.45, 2.75) is 12.5 Å². The molecule has 2 aliphatic rings. The van der Waals surface area contributed by atoms with Crippen molar-refractivity contribution in [3.8, 4) is 16.8 Å². The number of rotatable bonds is 3. The van der Waals surface area contributed by atoms with Crippen molar-refractivity contribution in [3.05, 3.63) is 77.2 Å². The normalized spacial score (nSPS) is 21.8. The summed E-state index contributed by atoms with van der Waals surface area (Å²) in [6, 6.07) is 20.7. The molecule has 0 saturated carbocycles. The summed E-state index contributed by atoms with van der Waals surface area (Å²) in [5, 5.41) is 4.13. The molecule has 3 heterocycles. The predicted molar refractivity (Wildman–Crippen MR) is 112 cm³/mol. The van der Waals surface area contributed by atoms with E-state index in [1.54, 1.807) is 12.3 Å². The summed E-state index contributed by atoms with van der Waals surface area (Å²) in [5.41, 5.74) is 4.30. The molecule has 0 N–H and O–H groups in total. The molecule has 1 aromatic heterocycles. The van der Waals surface area contributed by atoms with Gasteiger partial charge in [0.25, 0.3) is 5.56 Å². The van der Waals surface area contributed by atoms with Crippen LogP contribution in [0.5, 0.6) is 0 Å². The highest BCUT2D eigenvalue weighted by atomic mass is 16.1. The van der Waals surface area contributed by atoms with E-state index in [1.165, 1.54) is 41.5 Å². The average Bonchev–Trinajstić information content (AvgIpc) is 3.28. The zero-order valence-corrected chi connectivity index (χ0v) is 16.0. The summed E-state index contributed by atoms with van der Waals surface area (Å²) in [6.45, 7) is 3.56. The number of likely N-dealkylation sites (tertiary alicyclic amines) is 1. The standard InChI is InChI=1S/C23H24N4O/c1-25-15-19-12-14-26(22(19)16-25)20-8-4-17(5-9-20)18-6-10-21(11-7-18)27-23(28)3-2-13-24-27/h2-11,13,19,22H,12,14-16H2,1H3/t19-,22+/m1/s1. The van der Waals surface area contributed by atoms with Crippen LogP contribution in [-0.4, -0.2) is 47.4 Å². The quantitative estimate of drug-likeness (QED) is 0.709. The summed E-state index contributed by atoms with van der Waals surface area (Å²) >= 11 is 0. The number of likely N-dealkylation sites (N-methyl/N-ethyl adjacent to an activating group) is 1. The van der Waals surface area contributed by atoms with E-state index in [4.69, 9.17) is 0 Å². The first-order valence-electron chi connectivity index (χ1n) is 9.89. The maximum atomic E-state index is 11.9. The van der Waals surface area contributed by atoms with Gasteiger partial charge in [-0.1, -0.05) is 24.3 Å². The predicted octanol–water partition coefficient (Wildman–Crippen LogP) is 3.04. The number of anilines is 1. The van der Waals surface area contributed by atoms with Crippen molar-refractivity contribution in [1.29, 1.82) is 0 Å². The van der Waals surface area contributed by atoms with Crippen LogP contribution >= 0.6 is 0 Å². The van der Waals surface area contributed by atoms with E-state index in [1.807, 2.05) is 24.3 Å². The molecule has 2 saturated heterocycles. The minimum absolute atomic E-state index is 0.124. The van der Waals surface area contributed by atoms with Crippen LogP contribution in [0.25, 0.3) is 16.8 Å². The van der Waals surface area contributed by atoms with Crippen molar-refractivity contribution in [2.24, 2.45) is 5.92 Å². The first kappa shape index (κ1) is 17.2. The highest BCUT2D eigenvalue weighted by Crippen LogP contribution is 2.35. The van der Waals surface area contributed by atoms with Crippen LogP contribution in [0.3, 0.4) is 0 Å². The minimum Gasteiger partial charge on any atom is -0.367 e. The van der Waals surface area contributed by atoms with Crippen LogP contribution in [-0.2, 0) is 0 Å². The van der Waals surface area contributed by atoms with Crippen LogP contribution in [0.4, 0.5) is 5.69 Å². The molecular formula is C23H24N4O. The fourth-order valence-corrected chi connectivity index (χ4v) is 4.69. The third kappa shape index (κ3) is 3.02. The molecule has 5 heteroatoms. The number of aromatic nitrogens is 2. The van der Waals surface area contributed by atoms with Crippen molar-refractivity contribution >= 4 is 5.69 Å². The zero-order chi connectivity index (χ0) is 19.1. The maximum absolute atomic E-state index is 11.9. The Morgan fingerprint density at radius 1 is 0.893 bits per heavy atom. The largest absolute Gasteiger partial charge is 0.367 e. The molecule has 0 bridgehead atoms. The Balaban J connectivity index is 1.36. The van der Waals surface area contributed by atoms with Crippen LogP contribution in [0.2, 0.25) is 0 Å². The molecule has 2 fully saturated rings. The Morgan fingerprint density at radius 3 is 2.25 bits per heavy atom. The fraction of sp³-hybridized carbons (Fsp3) is 0.304. The van der Waals surface area contributed by atoms with Gasteiger partial charge in [-0.15, -0.1) is 0 Å². The van der Waals surface area contributed by atoms with Gasteiger partial charge in [0.1, 0.15) is 0 Å². The lowest BCUT2D eigenvalue weighted by Crippen LogP contribution is -2.34. The van der Waals surface area contributed by atoms with E-state index in [0.29, 0.717) is 6.04 Å². The van der Waals surface area contributed by atoms with E-state index in [-0.39, 0.29) is 5.56 Å². The molecule has 28 heavy (non-hydrogen) atoms. The molecule has 0 spiro atoms. The van der Waals surface area contributed by atoms with Gasteiger partial charge in [-0.3, -0.25) is 4.79 Å². The Morgan fingerprint density at radius 2 is 1.57 bits per heavy atom. The lowest BCUT2D eigenvalue weighted by atomic mass is 10.0. The summed E-state index contributed by atoms with van der Waals surface area (Å²) < 4.78 is 1.41. The molecule has 0 aliphatic carbocycles. The van der Waals surface area contributed by atoms with E-state index in [0.717, 1.165) is 23.7 Å². The zero-order valence-electron chi connectivity index (χ0n) is 16.0. The third-order valence-corrected chi connectivity index (χ3v) is 6.09. The van der Waals surface area contributed by atoms with Gasteiger partial charge in [-0.25, -0.2) is 0 Å². The molecule has 2 atom stereocenters. The first-order valence-corrected chi connectivity index (χ1v) is 9.89. The number of fused-ring (bicyclic) bond motifs is 1. The maximum Gasteiger partial charge on any atom is 0.271 e. The first-order chi connectivity index (χ1) is 13.7. The van der Waals surface area contributed by atoms with Crippen molar-refractivity contribution in [2.75, 3.05) is 31.6 Å². The summed E-state index contributed by atoms with van der Waals surface area (Å²) in [6.07, 6.45) is 2.92. The number of hydrogen-bond donors (Lipinski definition) is 0. The molecule has 2 aromatic carbocycles. The highest BCUT2D eigenvalue weighted by Gasteiger charge is 2.39. The monoisotopic (exact) mass is 372 g/mol. The minimum atomic E-state index is -0.124. The molecule has 5 nitrogen and oxygen atoms in total. The van der Waals surface area contributed by atoms with E-state index in [9.17, 15) is 4.79 Å². The summed E-state index contributed by atoms with van der Waals surface area (Å²) in [7, 11) is 2.22. The molecule has 0 amide bonds. The lowest BCUT2D eigenvalue weighted by molar-refractivity contribution is 0.386. The molecule has 142 valence electrons. The van der Waals surface area contributed by atoms with Crippen LogP contribution in [0.1, 0.15) is 6.42 Å². The third-order valence-electron chi connectivity index (χ3n) is 6.09. The van der Waals surface area contributed by atoms with E-state index >= 15 is 0 Å². The SMILES string of the molecule is CN1C[C@H]2CCN(c3ccc(-c4ccc(-n5ncccc5=O)cc4)cc3)[C@H]2C1. The molecular weight excluding hydrogens is 348 g/mol. The Hall–Kier alpha value is -2.92. The van der Waals surface area contributed by atoms with Gasteiger partial charge < -0.3 is 9.80 Å². The van der Waals surface area contributed by atoms with Crippen LogP contribution in [0, 0.1) is 5.92 Å². The smallest absolute Gasteiger partial charge is 0.271 e. The fourth-order valence-electron chi connectivity index (χ4n) is 4.69. The molecule has 0 unspecified atom stereocenters. The van der Waals surface area contributed by atoms with Gasteiger partial charge in [-0.05, 0) is 60.8 Å². The molecule has 3 aromatic rings. The topological polar surface area (TPSA) is 41.4 Å². The van der Waals surface area contributed by atoms with Crippen LogP contribution in [0.15, 0.2) is 71.7 Å². The van der Waals surface area contributed by atoms with Crippen molar-refractivity contribution in [3.63, 3.8) is 0 Å². The van der Waals surface area contributed by atoms with Gasteiger partial charge in [0.15, 0.2) is 0 Å². The number of hydrogen-bond acceptors (Lipinski definition) is 4. The molecule has 5 rings (SSSR count). The van der Waals surface area contributed by atoms with Gasteiger partial charge in [0, 0.05) is 43.6 Å². The van der Waals surface area contributed by atoms with Crippen LogP contribution < -0.4 is 10.5 Å². The lowest BCUT2D eigenvalue weighted by Gasteiger charge is -2.26. The van der Waals surface area contributed by atoms with E-state index in [2.05, 4.69) is 46.2 Å². The molecule has 0 radical (unpaired) electrons. The van der Waals surface area contributed by atoms with Gasteiger partial charge in [0.05, 0.1) is 5.69 Å². The van der Waals surface area contributed by atoms with Gasteiger partial charge in [0.2, 0.25) is 0 Å². The molecule has 2 aliphatic heterocycles. The Kier molecular flexibility index (Phi) is 4.24. The number of benzene rings is 2. The van der Waals surface area contributed by atoms with Gasteiger partial charge >= 0.3 is 0 Å². The van der Waals surface area contributed by atoms with Gasteiger partial charge in [-0.2, -0.15) is 9.78 Å². The number of nitrogens with zero attached hydrogens (tertiary/aromatic N) is 4. The average molecular weight is 372 g/mol.